The molecule has 1 heterocycles. The van der Waals surface area contributed by atoms with Crippen molar-refractivity contribution in [3.63, 3.8) is 0 Å². The fourth-order valence-electron chi connectivity index (χ4n) is 3.01. The van der Waals surface area contributed by atoms with Gasteiger partial charge in [0.25, 0.3) is 0 Å². The van der Waals surface area contributed by atoms with E-state index < -0.39 is 0 Å². The van der Waals surface area contributed by atoms with E-state index in [0.717, 1.165) is 18.9 Å². The van der Waals surface area contributed by atoms with Gasteiger partial charge in [-0.2, -0.15) is 0 Å². The van der Waals surface area contributed by atoms with Gasteiger partial charge in [0.05, 0.1) is 0 Å². The Bertz CT molecular complexity index is 242. The largest absolute Gasteiger partial charge is 0.353 e. The number of hydrogen-bond acceptors (Lipinski definition) is 2. The highest BCUT2D eigenvalue weighted by Gasteiger charge is 2.22. The standard InChI is InChI=1S/C13H24N2O.ClH/c1-10-4-2-5-12(8-10)15-13(16)9-11-6-3-7-14-11;/h10-12,14H,2-9H2,1H3,(H,15,16);1H. The molecule has 0 bridgehead atoms. The number of hydrogen-bond donors (Lipinski definition) is 2. The van der Waals surface area contributed by atoms with Crippen LogP contribution in [0.15, 0.2) is 0 Å². The average molecular weight is 261 g/mol. The zero-order valence-electron chi connectivity index (χ0n) is 10.7. The van der Waals surface area contributed by atoms with E-state index in [1.54, 1.807) is 0 Å². The molecule has 4 heteroatoms. The predicted octanol–water partition coefficient (Wildman–Crippen LogP) is 2.25. The minimum absolute atomic E-state index is 0. The van der Waals surface area contributed by atoms with Crippen molar-refractivity contribution in [1.82, 2.24) is 10.6 Å². The van der Waals surface area contributed by atoms with Crippen molar-refractivity contribution in [2.75, 3.05) is 6.54 Å². The van der Waals surface area contributed by atoms with Crippen molar-refractivity contribution in [2.24, 2.45) is 5.92 Å². The van der Waals surface area contributed by atoms with Crippen molar-refractivity contribution >= 4 is 18.3 Å². The number of rotatable bonds is 3. The van der Waals surface area contributed by atoms with Crippen LogP contribution in [-0.2, 0) is 4.79 Å². The first-order valence-electron chi connectivity index (χ1n) is 6.77. The topological polar surface area (TPSA) is 41.1 Å². The van der Waals surface area contributed by atoms with E-state index in [1.165, 1.54) is 32.1 Å². The minimum Gasteiger partial charge on any atom is -0.353 e. The van der Waals surface area contributed by atoms with E-state index >= 15 is 0 Å². The third kappa shape index (κ3) is 4.84. The lowest BCUT2D eigenvalue weighted by molar-refractivity contribution is -0.122. The summed E-state index contributed by atoms with van der Waals surface area (Å²) in [7, 11) is 0. The van der Waals surface area contributed by atoms with Crippen LogP contribution in [0, 0.1) is 5.92 Å². The number of nitrogens with one attached hydrogen (secondary N) is 2. The molecule has 3 atom stereocenters. The summed E-state index contributed by atoms with van der Waals surface area (Å²) in [6.07, 6.45) is 8.00. The van der Waals surface area contributed by atoms with Gasteiger partial charge in [0.1, 0.15) is 0 Å². The molecule has 100 valence electrons. The van der Waals surface area contributed by atoms with E-state index in [-0.39, 0.29) is 18.3 Å². The van der Waals surface area contributed by atoms with Gasteiger partial charge in [0.15, 0.2) is 0 Å². The Morgan fingerprint density at radius 3 is 2.76 bits per heavy atom. The SMILES string of the molecule is CC1CCCC(NC(=O)CC2CCCN2)C1.Cl. The predicted molar refractivity (Wildman–Crippen MR) is 72.5 cm³/mol. The highest BCUT2D eigenvalue weighted by atomic mass is 35.5. The quantitative estimate of drug-likeness (QED) is 0.817. The zero-order valence-corrected chi connectivity index (χ0v) is 11.5. The molecule has 1 aliphatic carbocycles. The molecule has 2 aliphatic rings. The van der Waals surface area contributed by atoms with Crippen LogP contribution < -0.4 is 10.6 Å². The summed E-state index contributed by atoms with van der Waals surface area (Å²) in [5.41, 5.74) is 0. The van der Waals surface area contributed by atoms with Crippen LogP contribution in [0.4, 0.5) is 0 Å². The van der Waals surface area contributed by atoms with Crippen LogP contribution in [0.2, 0.25) is 0 Å². The van der Waals surface area contributed by atoms with Crippen molar-refractivity contribution in [1.29, 1.82) is 0 Å². The molecule has 0 spiro atoms. The molecule has 1 saturated carbocycles. The summed E-state index contributed by atoms with van der Waals surface area (Å²) in [5, 5.41) is 6.57. The van der Waals surface area contributed by atoms with Gasteiger partial charge in [-0.25, -0.2) is 0 Å². The molecule has 0 aromatic carbocycles. The van der Waals surface area contributed by atoms with Gasteiger partial charge < -0.3 is 10.6 Å². The smallest absolute Gasteiger partial charge is 0.221 e. The average Bonchev–Trinajstić information content (AvgIpc) is 2.70. The fraction of sp³-hybridized carbons (Fsp3) is 0.923. The molecule has 3 nitrogen and oxygen atoms in total. The van der Waals surface area contributed by atoms with Gasteiger partial charge >= 0.3 is 0 Å². The van der Waals surface area contributed by atoms with Gasteiger partial charge in [-0.1, -0.05) is 19.8 Å². The molecule has 0 radical (unpaired) electrons. The summed E-state index contributed by atoms with van der Waals surface area (Å²) in [5.74, 6) is 1.03. The van der Waals surface area contributed by atoms with E-state index in [1.807, 2.05) is 0 Å². The van der Waals surface area contributed by atoms with Crippen molar-refractivity contribution < 1.29 is 4.79 Å². The Kier molecular flexibility index (Phi) is 6.28. The molecular weight excluding hydrogens is 236 g/mol. The monoisotopic (exact) mass is 260 g/mol. The Balaban J connectivity index is 0.00000144. The Morgan fingerprint density at radius 1 is 1.29 bits per heavy atom. The van der Waals surface area contributed by atoms with Crippen LogP contribution in [0.5, 0.6) is 0 Å². The van der Waals surface area contributed by atoms with Gasteiger partial charge in [-0.3, -0.25) is 4.79 Å². The summed E-state index contributed by atoms with van der Waals surface area (Å²) < 4.78 is 0. The van der Waals surface area contributed by atoms with E-state index in [2.05, 4.69) is 17.6 Å². The first kappa shape index (κ1) is 14.8. The molecule has 2 fully saturated rings. The Hall–Kier alpha value is -0.280. The lowest BCUT2D eigenvalue weighted by atomic mass is 9.87. The van der Waals surface area contributed by atoms with Crippen molar-refractivity contribution in [3.05, 3.63) is 0 Å². The number of halogens is 1. The molecule has 3 unspecified atom stereocenters. The second kappa shape index (κ2) is 7.22. The maximum atomic E-state index is 11.8. The zero-order chi connectivity index (χ0) is 11.4. The van der Waals surface area contributed by atoms with Crippen LogP contribution in [0.25, 0.3) is 0 Å². The minimum atomic E-state index is 0. The third-order valence-corrected chi connectivity index (χ3v) is 3.90. The fourth-order valence-corrected chi connectivity index (χ4v) is 3.01. The van der Waals surface area contributed by atoms with Crippen LogP contribution in [0.1, 0.15) is 51.9 Å². The normalized spacial score (nSPS) is 32.9. The summed E-state index contributed by atoms with van der Waals surface area (Å²) in [6.45, 7) is 3.37. The first-order valence-corrected chi connectivity index (χ1v) is 6.77. The maximum absolute atomic E-state index is 11.8. The van der Waals surface area contributed by atoms with Crippen molar-refractivity contribution in [3.8, 4) is 0 Å². The van der Waals surface area contributed by atoms with Gasteiger partial charge in [0, 0.05) is 18.5 Å². The molecule has 2 rings (SSSR count). The van der Waals surface area contributed by atoms with Crippen molar-refractivity contribution in [2.45, 2.75) is 64.0 Å². The van der Waals surface area contributed by atoms with Gasteiger partial charge in [0.2, 0.25) is 5.91 Å². The molecular formula is C13H25ClN2O. The number of carbonyl (C=O) groups excluding carboxylic acids is 1. The molecule has 1 saturated heterocycles. The summed E-state index contributed by atoms with van der Waals surface area (Å²) in [4.78, 5) is 11.8. The second-order valence-corrected chi connectivity index (χ2v) is 5.53. The van der Waals surface area contributed by atoms with Crippen LogP contribution >= 0.6 is 12.4 Å². The van der Waals surface area contributed by atoms with Gasteiger partial charge in [-0.05, 0) is 38.1 Å². The van der Waals surface area contributed by atoms with E-state index in [9.17, 15) is 4.79 Å². The molecule has 1 amide bonds. The molecule has 1 aliphatic heterocycles. The highest BCUT2D eigenvalue weighted by Crippen LogP contribution is 2.23. The molecule has 17 heavy (non-hydrogen) atoms. The summed E-state index contributed by atoms with van der Waals surface area (Å²) in [6, 6.07) is 0.874. The Morgan fingerprint density at radius 2 is 2.12 bits per heavy atom. The molecule has 0 aromatic rings. The first-order chi connectivity index (χ1) is 7.74. The number of amides is 1. The summed E-state index contributed by atoms with van der Waals surface area (Å²) >= 11 is 0. The highest BCUT2D eigenvalue weighted by molar-refractivity contribution is 5.85. The second-order valence-electron chi connectivity index (χ2n) is 5.53. The lowest BCUT2D eigenvalue weighted by Gasteiger charge is -2.27. The molecule has 2 N–H and O–H groups in total. The lowest BCUT2D eigenvalue weighted by Crippen LogP contribution is -2.40. The van der Waals surface area contributed by atoms with E-state index in [4.69, 9.17) is 0 Å². The van der Waals surface area contributed by atoms with Gasteiger partial charge in [-0.15, -0.1) is 12.4 Å². The third-order valence-electron chi connectivity index (χ3n) is 3.90. The molecule has 0 aromatic heterocycles. The van der Waals surface area contributed by atoms with Crippen LogP contribution in [0.3, 0.4) is 0 Å². The maximum Gasteiger partial charge on any atom is 0.221 e. The Labute approximate surface area is 111 Å². The van der Waals surface area contributed by atoms with Crippen LogP contribution in [-0.4, -0.2) is 24.5 Å². The number of carbonyl (C=O) groups is 1. The van der Waals surface area contributed by atoms with E-state index in [0.29, 0.717) is 18.5 Å².